The lowest BCUT2D eigenvalue weighted by molar-refractivity contribution is 0.158. The molecule has 1 aromatic rings. The van der Waals surface area contributed by atoms with Crippen LogP contribution in [0.5, 0.6) is 5.75 Å². The first kappa shape index (κ1) is 13.4. The van der Waals surface area contributed by atoms with Crippen LogP contribution in [0.4, 0.5) is 0 Å². The van der Waals surface area contributed by atoms with Gasteiger partial charge in [-0.15, -0.1) is 0 Å². The fourth-order valence-electron chi connectivity index (χ4n) is 2.05. The molecule has 0 radical (unpaired) electrons. The average molecular weight is 269 g/mol. The number of piperidine rings is 1. The topological polar surface area (TPSA) is 55.4 Å². The van der Waals surface area contributed by atoms with Crippen molar-refractivity contribution in [2.24, 2.45) is 0 Å². The van der Waals surface area contributed by atoms with E-state index in [1.807, 2.05) is 6.07 Å². The zero-order valence-electron chi connectivity index (χ0n) is 10.6. The summed E-state index contributed by atoms with van der Waals surface area (Å²) in [5.74, 6) is 0.589. The lowest BCUT2D eigenvalue weighted by atomic mass is 10.1. The third kappa shape index (κ3) is 3.03. The predicted molar refractivity (Wildman–Crippen MR) is 70.7 cm³/mol. The van der Waals surface area contributed by atoms with Crippen LogP contribution < -0.4 is 10.1 Å². The highest BCUT2D eigenvalue weighted by Gasteiger charge is 2.21. The Balaban J connectivity index is 2.22. The van der Waals surface area contributed by atoms with Crippen LogP contribution in [0.25, 0.3) is 0 Å². The van der Waals surface area contributed by atoms with E-state index in [0.717, 1.165) is 25.9 Å². The summed E-state index contributed by atoms with van der Waals surface area (Å²) in [6.07, 6.45) is 1.94. The molecular formula is C13H19NO3S. The second-order valence-corrected chi connectivity index (χ2v) is 6.66. The fourth-order valence-corrected chi connectivity index (χ4v) is 3.07. The highest BCUT2D eigenvalue weighted by atomic mass is 32.2. The molecule has 100 valence electrons. The van der Waals surface area contributed by atoms with Gasteiger partial charge in [0.15, 0.2) is 9.84 Å². The first-order valence-corrected chi connectivity index (χ1v) is 7.98. The Bertz CT molecular complexity index is 493. The van der Waals surface area contributed by atoms with Crippen molar-refractivity contribution in [3.8, 4) is 5.75 Å². The summed E-state index contributed by atoms with van der Waals surface area (Å²) in [7, 11) is -3.22. The minimum atomic E-state index is -3.22. The molecule has 0 aromatic heterocycles. The van der Waals surface area contributed by atoms with Crippen LogP contribution >= 0.6 is 0 Å². The summed E-state index contributed by atoms with van der Waals surface area (Å²) in [5.41, 5.74) is 0. The third-order valence-corrected chi connectivity index (χ3v) is 4.91. The fraction of sp³-hybridized carbons (Fsp3) is 0.538. The van der Waals surface area contributed by atoms with Crippen molar-refractivity contribution in [1.82, 2.24) is 5.32 Å². The van der Waals surface area contributed by atoms with Gasteiger partial charge >= 0.3 is 0 Å². The molecule has 5 heteroatoms. The molecule has 1 N–H and O–H groups in total. The Hall–Kier alpha value is -1.07. The maximum atomic E-state index is 12.0. The Morgan fingerprint density at radius 3 is 2.61 bits per heavy atom. The highest BCUT2D eigenvalue weighted by molar-refractivity contribution is 7.91. The smallest absolute Gasteiger partial charge is 0.181 e. The van der Waals surface area contributed by atoms with Crippen LogP contribution in [-0.4, -0.2) is 33.4 Å². The van der Waals surface area contributed by atoms with Crippen molar-refractivity contribution in [3.05, 3.63) is 24.3 Å². The van der Waals surface area contributed by atoms with E-state index in [1.165, 1.54) is 0 Å². The van der Waals surface area contributed by atoms with E-state index >= 15 is 0 Å². The van der Waals surface area contributed by atoms with Gasteiger partial charge in [-0.05, 0) is 38.1 Å². The molecule has 0 saturated carbocycles. The Morgan fingerprint density at radius 1 is 1.28 bits per heavy atom. The summed E-state index contributed by atoms with van der Waals surface area (Å²) in [5, 5.41) is 3.26. The first-order chi connectivity index (χ1) is 8.63. The summed E-state index contributed by atoms with van der Waals surface area (Å²) in [4.78, 5) is 0.311. The van der Waals surface area contributed by atoms with Crippen LogP contribution in [0.15, 0.2) is 29.2 Å². The van der Waals surface area contributed by atoms with E-state index in [2.05, 4.69) is 5.32 Å². The molecule has 0 bridgehead atoms. The van der Waals surface area contributed by atoms with Crippen molar-refractivity contribution in [2.75, 3.05) is 18.8 Å². The summed E-state index contributed by atoms with van der Waals surface area (Å²) >= 11 is 0. The van der Waals surface area contributed by atoms with Gasteiger partial charge in [0.2, 0.25) is 0 Å². The Kier molecular flexibility index (Phi) is 4.24. The first-order valence-electron chi connectivity index (χ1n) is 6.32. The van der Waals surface area contributed by atoms with E-state index in [0.29, 0.717) is 10.6 Å². The van der Waals surface area contributed by atoms with Crippen molar-refractivity contribution in [1.29, 1.82) is 0 Å². The van der Waals surface area contributed by atoms with Crippen LogP contribution in [0, 0.1) is 0 Å². The van der Waals surface area contributed by atoms with Crippen molar-refractivity contribution in [2.45, 2.75) is 30.8 Å². The molecular weight excluding hydrogens is 250 g/mol. The van der Waals surface area contributed by atoms with Gasteiger partial charge in [0.25, 0.3) is 0 Å². The number of rotatable bonds is 4. The molecule has 1 heterocycles. The van der Waals surface area contributed by atoms with E-state index in [1.54, 1.807) is 25.1 Å². The third-order valence-electron chi connectivity index (χ3n) is 3.14. The molecule has 0 atom stereocenters. The van der Waals surface area contributed by atoms with Gasteiger partial charge < -0.3 is 10.1 Å². The van der Waals surface area contributed by atoms with Gasteiger partial charge in [-0.25, -0.2) is 8.42 Å². The van der Waals surface area contributed by atoms with Crippen molar-refractivity contribution in [3.63, 3.8) is 0 Å². The average Bonchev–Trinajstić information content (AvgIpc) is 2.40. The van der Waals surface area contributed by atoms with E-state index in [9.17, 15) is 8.42 Å². The summed E-state index contributed by atoms with van der Waals surface area (Å²) in [6, 6.07) is 6.91. The minimum absolute atomic E-state index is 0.0968. The van der Waals surface area contributed by atoms with Gasteiger partial charge in [-0.2, -0.15) is 0 Å². The van der Waals surface area contributed by atoms with Crippen LogP contribution in [0.3, 0.4) is 0 Å². The van der Waals surface area contributed by atoms with Gasteiger partial charge in [0, 0.05) is 0 Å². The SMILES string of the molecule is CCS(=O)(=O)c1ccccc1OC1CCNCC1. The summed E-state index contributed by atoms with van der Waals surface area (Å²) in [6.45, 7) is 3.50. The molecule has 4 nitrogen and oxygen atoms in total. The molecule has 1 fully saturated rings. The van der Waals surface area contributed by atoms with E-state index < -0.39 is 9.84 Å². The van der Waals surface area contributed by atoms with E-state index in [-0.39, 0.29) is 11.9 Å². The van der Waals surface area contributed by atoms with Gasteiger partial charge in [0.1, 0.15) is 16.7 Å². The Morgan fingerprint density at radius 2 is 1.94 bits per heavy atom. The standard InChI is InChI=1S/C13H19NO3S/c1-2-18(15,16)13-6-4-3-5-12(13)17-11-7-9-14-10-8-11/h3-6,11,14H,2,7-10H2,1H3. The van der Waals surface area contributed by atoms with Crippen LogP contribution in [0.1, 0.15) is 19.8 Å². The largest absolute Gasteiger partial charge is 0.489 e. The van der Waals surface area contributed by atoms with Gasteiger partial charge in [-0.1, -0.05) is 19.1 Å². The number of hydrogen-bond donors (Lipinski definition) is 1. The second-order valence-electron chi connectivity index (χ2n) is 4.42. The molecule has 1 aliphatic heterocycles. The van der Waals surface area contributed by atoms with Crippen LogP contribution in [-0.2, 0) is 9.84 Å². The van der Waals surface area contributed by atoms with Gasteiger partial charge in [0.05, 0.1) is 5.75 Å². The van der Waals surface area contributed by atoms with Crippen molar-refractivity contribution < 1.29 is 13.2 Å². The number of sulfone groups is 1. The number of ether oxygens (including phenoxy) is 1. The molecule has 0 amide bonds. The lowest BCUT2D eigenvalue weighted by Gasteiger charge is -2.24. The quantitative estimate of drug-likeness (QED) is 0.902. The zero-order valence-corrected chi connectivity index (χ0v) is 11.4. The maximum Gasteiger partial charge on any atom is 0.181 e. The number of hydrogen-bond acceptors (Lipinski definition) is 4. The predicted octanol–water partition coefficient (Wildman–Crippen LogP) is 1.61. The number of benzene rings is 1. The molecule has 0 spiro atoms. The van der Waals surface area contributed by atoms with E-state index in [4.69, 9.17) is 4.74 Å². The molecule has 1 aliphatic rings. The molecule has 18 heavy (non-hydrogen) atoms. The molecule has 1 saturated heterocycles. The highest BCUT2D eigenvalue weighted by Crippen LogP contribution is 2.26. The number of para-hydroxylation sites is 1. The van der Waals surface area contributed by atoms with Gasteiger partial charge in [-0.3, -0.25) is 0 Å². The normalized spacial score (nSPS) is 17.6. The van der Waals surface area contributed by atoms with Crippen molar-refractivity contribution >= 4 is 9.84 Å². The minimum Gasteiger partial charge on any atom is -0.489 e. The summed E-state index contributed by atoms with van der Waals surface area (Å²) < 4.78 is 29.8. The Labute approximate surface area is 108 Å². The number of nitrogens with one attached hydrogen (secondary N) is 1. The molecule has 0 aliphatic carbocycles. The second kappa shape index (κ2) is 5.71. The molecule has 2 rings (SSSR count). The zero-order chi connectivity index (χ0) is 13.0. The molecule has 1 aromatic carbocycles. The molecule has 0 unspecified atom stereocenters. The lowest BCUT2D eigenvalue weighted by Crippen LogP contribution is -2.34. The monoisotopic (exact) mass is 269 g/mol. The van der Waals surface area contributed by atoms with Crippen LogP contribution in [0.2, 0.25) is 0 Å². The maximum absolute atomic E-state index is 12.0.